The van der Waals surface area contributed by atoms with Crippen LogP contribution in [0.25, 0.3) is 0 Å². The predicted octanol–water partition coefficient (Wildman–Crippen LogP) is 1.93. The van der Waals surface area contributed by atoms with Gasteiger partial charge in [0.15, 0.2) is 0 Å². The van der Waals surface area contributed by atoms with Gasteiger partial charge in [0.2, 0.25) is 0 Å². The van der Waals surface area contributed by atoms with E-state index in [9.17, 15) is 14.7 Å². The smallest absolute Gasteiger partial charge is 0.414 e. The summed E-state index contributed by atoms with van der Waals surface area (Å²) < 4.78 is 10.0. The van der Waals surface area contributed by atoms with Crippen molar-refractivity contribution in [1.29, 1.82) is 0 Å². The first-order valence-electron chi connectivity index (χ1n) is 7.07. The zero-order valence-corrected chi connectivity index (χ0v) is 13.3. The monoisotopic (exact) mass is 299 g/mol. The second-order valence-corrected chi connectivity index (χ2v) is 6.28. The Morgan fingerprint density at radius 1 is 1.33 bits per heavy atom. The van der Waals surface area contributed by atoms with E-state index in [-0.39, 0.29) is 30.8 Å². The molecule has 3 atom stereocenters. The van der Waals surface area contributed by atoms with E-state index in [1.807, 2.05) is 13.0 Å². The van der Waals surface area contributed by atoms with Crippen LogP contribution in [0.4, 0.5) is 4.79 Å². The minimum absolute atomic E-state index is 0.0555. The van der Waals surface area contributed by atoms with Crippen molar-refractivity contribution in [1.82, 2.24) is 4.90 Å². The third-order valence-corrected chi connectivity index (χ3v) is 3.50. The van der Waals surface area contributed by atoms with Crippen LogP contribution in [0.3, 0.4) is 0 Å². The minimum atomic E-state index is -0.619. The fraction of sp³-hybridized carbons (Fsp3) is 0.733. The summed E-state index contributed by atoms with van der Waals surface area (Å²) >= 11 is 0. The first-order valence-corrected chi connectivity index (χ1v) is 7.07. The van der Waals surface area contributed by atoms with Crippen LogP contribution in [0.5, 0.6) is 0 Å². The lowest BCUT2D eigenvalue weighted by molar-refractivity contribution is -0.143. The Kier molecular flexibility index (Phi) is 5.78. The molecule has 1 aliphatic heterocycles. The minimum Gasteiger partial charge on any atom is -0.469 e. The normalized spacial score (nSPS) is 25.6. The number of esters is 1. The van der Waals surface area contributed by atoms with Crippen molar-refractivity contribution in [3.8, 4) is 0 Å². The topological polar surface area (TPSA) is 76.1 Å². The fourth-order valence-corrected chi connectivity index (χ4v) is 2.37. The summed E-state index contributed by atoms with van der Waals surface area (Å²) in [5, 5.41) is 9.65. The van der Waals surface area contributed by atoms with E-state index in [1.165, 1.54) is 12.0 Å². The van der Waals surface area contributed by atoms with Crippen LogP contribution < -0.4 is 0 Å². The van der Waals surface area contributed by atoms with Crippen LogP contribution in [0.1, 0.15) is 34.1 Å². The molecule has 0 fully saturated rings. The summed E-state index contributed by atoms with van der Waals surface area (Å²) in [7, 11) is 1.32. The number of hydrogen-bond acceptors (Lipinski definition) is 5. The highest BCUT2D eigenvalue weighted by Crippen LogP contribution is 2.31. The third-order valence-electron chi connectivity index (χ3n) is 3.50. The number of nitrogens with zero attached hydrogens (tertiary/aromatic N) is 1. The molecule has 0 aromatic heterocycles. The van der Waals surface area contributed by atoms with E-state index in [0.29, 0.717) is 0 Å². The number of allylic oxidation sites excluding steroid dienone is 1. The van der Waals surface area contributed by atoms with Crippen molar-refractivity contribution < 1.29 is 24.2 Å². The molecule has 0 saturated heterocycles. The molecule has 6 nitrogen and oxygen atoms in total. The summed E-state index contributed by atoms with van der Waals surface area (Å²) in [6, 6.07) is -0.501. The van der Waals surface area contributed by atoms with Gasteiger partial charge in [-0.1, -0.05) is 13.0 Å². The SMILES string of the molecule is COC(=O)C[C@H]1[C@H](C)C=CN(C(=O)OC(C)(C)C)[C@@H]1CO. The van der Waals surface area contributed by atoms with Crippen molar-refractivity contribution in [3.63, 3.8) is 0 Å². The molecule has 1 rings (SSSR count). The number of methoxy groups -OCH3 is 1. The molecule has 0 spiro atoms. The molecule has 0 radical (unpaired) electrons. The molecule has 1 aliphatic rings. The standard InChI is InChI=1S/C15H25NO5/c1-10-6-7-16(14(19)21-15(2,3)4)12(9-17)11(10)8-13(18)20-5/h6-7,10-12,17H,8-9H2,1-5H3/t10-,11+,12-/m1/s1. The van der Waals surface area contributed by atoms with Crippen LogP contribution in [0.2, 0.25) is 0 Å². The van der Waals surface area contributed by atoms with Gasteiger partial charge in [-0.25, -0.2) is 4.79 Å². The highest BCUT2D eigenvalue weighted by molar-refractivity contribution is 5.72. The summed E-state index contributed by atoms with van der Waals surface area (Å²) in [4.78, 5) is 25.1. The van der Waals surface area contributed by atoms with Crippen molar-refractivity contribution in [3.05, 3.63) is 12.3 Å². The number of amides is 1. The molecule has 1 heterocycles. The molecule has 1 N–H and O–H groups in total. The van der Waals surface area contributed by atoms with Gasteiger partial charge in [-0.3, -0.25) is 9.69 Å². The third kappa shape index (κ3) is 4.74. The number of carbonyl (C=O) groups is 2. The lowest BCUT2D eigenvalue weighted by Gasteiger charge is -2.39. The summed E-state index contributed by atoms with van der Waals surface area (Å²) in [6.07, 6.45) is 3.07. The Morgan fingerprint density at radius 2 is 1.95 bits per heavy atom. The van der Waals surface area contributed by atoms with E-state index in [0.717, 1.165) is 0 Å². The largest absolute Gasteiger partial charge is 0.469 e. The highest BCUT2D eigenvalue weighted by atomic mass is 16.6. The van der Waals surface area contributed by atoms with Crippen molar-refractivity contribution >= 4 is 12.1 Å². The Balaban J connectivity index is 2.92. The lowest BCUT2D eigenvalue weighted by Crippen LogP contribution is -2.50. The highest BCUT2D eigenvalue weighted by Gasteiger charge is 2.38. The Morgan fingerprint density at radius 3 is 2.43 bits per heavy atom. The second-order valence-electron chi connectivity index (χ2n) is 6.28. The zero-order valence-electron chi connectivity index (χ0n) is 13.3. The average molecular weight is 299 g/mol. The summed E-state index contributed by atoms with van der Waals surface area (Å²) in [6.45, 7) is 7.04. The van der Waals surface area contributed by atoms with Gasteiger partial charge in [-0.05, 0) is 32.6 Å². The number of carbonyl (C=O) groups excluding carboxylic acids is 2. The maximum atomic E-state index is 12.2. The maximum absolute atomic E-state index is 12.2. The van der Waals surface area contributed by atoms with Crippen LogP contribution in [0.15, 0.2) is 12.3 Å². The van der Waals surface area contributed by atoms with Gasteiger partial charge in [0.25, 0.3) is 0 Å². The number of hydrogen-bond donors (Lipinski definition) is 1. The van der Waals surface area contributed by atoms with Gasteiger partial charge >= 0.3 is 12.1 Å². The van der Waals surface area contributed by atoms with Gasteiger partial charge in [0.05, 0.1) is 26.2 Å². The zero-order chi connectivity index (χ0) is 16.2. The quantitative estimate of drug-likeness (QED) is 0.806. The van der Waals surface area contributed by atoms with E-state index in [4.69, 9.17) is 9.47 Å². The van der Waals surface area contributed by atoms with Crippen LogP contribution >= 0.6 is 0 Å². The number of aliphatic hydroxyl groups excluding tert-OH is 1. The van der Waals surface area contributed by atoms with Crippen molar-refractivity contribution in [2.24, 2.45) is 11.8 Å². The van der Waals surface area contributed by atoms with Crippen LogP contribution in [0, 0.1) is 11.8 Å². The first-order chi connectivity index (χ1) is 9.69. The van der Waals surface area contributed by atoms with Gasteiger partial charge < -0.3 is 14.6 Å². The maximum Gasteiger partial charge on any atom is 0.414 e. The molecule has 1 amide bonds. The average Bonchev–Trinajstić information content (AvgIpc) is 2.38. The molecular weight excluding hydrogens is 274 g/mol. The Labute approximate surface area is 125 Å². The van der Waals surface area contributed by atoms with Crippen LogP contribution in [-0.4, -0.2) is 47.4 Å². The molecule has 0 saturated carbocycles. The van der Waals surface area contributed by atoms with E-state index in [1.54, 1.807) is 27.0 Å². The molecule has 6 heteroatoms. The Bertz CT molecular complexity index is 413. The molecule has 120 valence electrons. The summed E-state index contributed by atoms with van der Waals surface area (Å²) in [5.74, 6) is -0.510. The first kappa shape index (κ1) is 17.5. The number of aliphatic hydroxyl groups is 1. The molecule has 0 aromatic rings. The fourth-order valence-electron chi connectivity index (χ4n) is 2.37. The van der Waals surface area contributed by atoms with Gasteiger partial charge in [-0.2, -0.15) is 0 Å². The van der Waals surface area contributed by atoms with Gasteiger partial charge in [0, 0.05) is 6.20 Å². The molecule has 0 aliphatic carbocycles. The second kappa shape index (κ2) is 6.93. The Hall–Kier alpha value is -1.56. The van der Waals surface area contributed by atoms with Gasteiger partial charge in [0.1, 0.15) is 5.60 Å². The lowest BCUT2D eigenvalue weighted by atomic mass is 9.82. The van der Waals surface area contributed by atoms with Crippen molar-refractivity contribution in [2.45, 2.75) is 45.8 Å². The van der Waals surface area contributed by atoms with E-state index >= 15 is 0 Å². The van der Waals surface area contributed by atoms with Crippen LogP contribution in [-0.2, 0) is 14.3 Å². The van der Waals surface area contributed by atoms with E-state index < -0.39 is 17.7 Å². The van der Waals surface area contributed by atoms with Crippen molar-refractivity contribution in [2.75, 3.05) is 13.7 Å². The number of rotatable bonds is 3. The summed E-state index contributed by atoms with van der Waals surface area (Å²) in [5.41, 5.74) is -0.619. The van der Waals surface area contributed by atoms with Gasteiger partial charge in [-0.15, -0.1) is 0 Å². The molecule has 21 heavy (non-hydrogen) atoms. The molecule has 0 bridgehead atoms. The molecule has 0 unspecified atom stereocenters. The van der Waals surface area contributed by atoms with E-state index in [2.05, 4.69) is 0 Å². The number of ether oxygens (including phenoxy) is 2. The predicted molar refractivity (Wildman–Crippen MR) is 77.4 cm³/mol. The molecule has 0 aromatic carbocycles. The molecular formula is C15H25NO5.